The van der Waals surface area contributed by atoms with Crippen molar-refractivity contribution in [2.24, 2.45) is 0 Å². The number of benzene rings is 8. The standard InChI is InChI=1S/C48H29N3S/c1-5-15-40-34(10-1)35-11-2-6-16-41(35)50(40)33-25-27-44-39(29-33)37-13-4-7-17-42(37)49(44)32-23-20-30(21-24-32)31-22-26-45-47(28-31)52-46-19-9-14-38-36-12-3-8-18-43(36)51(45)48(38)46/h1-29H. The summed E-state index contributed by atoms with van der Waals surface area (Å²) >= 11 is 1.88. The van der Waals surface area contributed by atoms with Crippen LogP contribution in [-0.4, -0.2) is 13.7 Å². The summed E-state index contributed by atoms with van der Waals surface area (Å²) in [7, 11) is 0. The molecule has 0 N–H and O–H groups in total. The SMILES string of the molecule is c1ccc2c(c1)c1ccccc1n2-c1ccc2c(c1)c1ccccc1n2-c1ccc(-c2ccc3c(c2)Sc2cccc4c5ccccc5n-3c24)cc1. The van der Waals surface area contributed by atoms with Crippen molar-refractivity contribution >= 4 is 77.2 Å². The summed E-state index contributed by atoms with van der Waals surface area (Å²) in [5.41, 5.74) is 13.4. The lowest BCUT2D eigenvalue weighted by molar-refractivity contribution is 1.09. The maximum atomic E-state index is 2.45. The first-order chi connectivity index (χ1) is 25.8. The number of rotatable bonds is 3. The summed E-state index contributed by atoms with van der Waals surface area (Å²) in [5.74, 6) is 0. The largest absolute Gasteiger partial charge is 0.309 e. The van der Waals surface area contributed by atoms with Gasteiger partial charge in [-0.05, 0) is 83.9 Å². The molecule has 4 heterocycles. The second-order valence-corrected chi connectivity index (χ2v) is 14.8. The summed E-state index contributed by atoms with van der Waals surface area (Å²) < 4.78 is 7.27. The van der Waals surface area contributed by atoms with Crippen LogP contribution in [0.3, 0.4) is 0 Å². The molecule has 0 fully saturated rings. The number of nitrogens with zero attached hydrogens (tertiary/aromatic N) is 3. The molecule has 0 saturated carbocycles. The van der Waals surface area contributed by atoms with E-state index in [0.29, 0.717) is 0 Å². The van der Waals surface area contributed by atoms with Crippen molar-refractivity contribution in [1.82, 2.24) is 13.7 Å². The molecule has 0 amide bonds. The number of para-hydroxylation sites is 5. The average Bonchev–Trinajstić information content (AvgIpc) is 3.85. The highest BCUT2D eigenvalue weighted by Crippen LogP contribution is 2.47. The van der Waals surface area contributed by atoms with Crippen LogP contribution in [0.1, 0.15) is 0 Å². The van der Waals surface area contributed by atoms with E-state index in [4.69, 9.17) is 0 Å². The molecule has 1 aliphatic rings. The van der Waals surface area contributed by atoms with E-state index in [1.165, 1.54) is 97.7 Å². The van der Waals surface area contributed by atoms with E-state index in [-0.39, 0.29) is 0 Å². The fraction of sp³-hybridized carbons (Fsp3) is 0. The lowest BCUT2D eigenvalue weighted by atomic mass is 10.0. The molecule has 1 aliphatic heterocycles. The van der Waals surface area contributed by atoms with Crippen molar-refractivity contribution in [3.8, 4) is 28.2 Å². The van der Waals surface area contributed by atoms with Crippen LogP contribution in [0.15, 0.2) is 186 Å². The first-order valence-electron chi connectivity index (χ1n) is 17.8. The second-order valence-electron chi connectivity index (χ2n) is 13.8. The van der Waals surface area contributed by atoms with Crippen LogP contribution in [0, 0.1) is 0 Å². The minimum absolute atomic E-state index is 1.15. The van der Waals surface area contributed by atoms with Gasteiger partial charge < -0.3 is 13.7 Å². The molecule has 0 unspecified atom stereocenters. The highest BCUT2D eigenvalue weighted by Gasteiger charge is 2.23. The van der Waals surface area contributed by atoms with E-state index in [0.717, 1.165) is 5.69 Å². The minimum atomic E-state index is 1.15. The van der Waals surface area contributed by atoms with Crippen LogP contribution in [0.25, 0.3) is 93.6 Å². The van der Waals surface area contributed by atoms with Crippen molar-refractivity contribution in [1.29, 1.82) is 0 Å². The molecule has 0 bridgehead atoms. The zero-order chi connectivity index (χ0) is 33.9. The van der Waals surface area contributed by atoms with Gasteiger partial charge in [0.15, 0.2) is 0 Å². The molecule has 4 heteroatoms. The van der Waals surface area contributed by atoms with E-state index < -0.39 is 0 Å². The molecule has 8 aromatic carbocycles. The van der Waals surface area contributed by atoms with Crippen molar-refractivity contribution < 1.29 is 0 Å². The zero-order valence-electron chi connectivity index (χ0n) is 28.0. The van der Waals surface area contributed by atoms with Crippen molar-refractivity contribution in [2.45, 2.75) is 9.79 Å². The van der Waals surface area contributed by atoms with Gasteiger partial charge in [0, 0.05) is 53.5 Å². The highest BCUT2D eigenvalue weighted by atomic mass is 32.2. The molecule has 0 spiro atoms. The third-order valence-electron chi connectivity index (χ3n) is 11.0. The molecule has 0 atom stereocenters. The van der Waals surface area contributed by atoms with Crippen molar-refractivity contribution in [2.75, 3.05) is 0 Å². The predicted octanol–water partition coefficient (Wildman–Crippen LogP) is 13.1. The molecule has 12 rings (SSSR count). The van der Waals surface area contributed by atoms with Crippen molar-refractivity contribution in [3.63, 3.8) is 0 Å². The third kappa shape index (κ3) is 3.82. The number of hydrogen-bond donors (Lipinski definition) is 0. The van der Waals surface area contributed by atoms with Gasteiger partial charge in [-0.2, -0.15) is 0 Å². The van der Waals surface area contributed by atoms with Gasteiger partial charge in [-0.25, -0.2) is 0 Å². The molecule has 3 nitrogen and oxygen atoms in total. The Morgan fingerprint density at radius 2 is 0.808 bits per heavy atom. The third-order valence-corrected chi connectivity index (χ3v) is 12.1. The molecule has 3 aromatic heterocycles. The number of aromatic nitrogens is 3. The normalized spacial score (nSPS) is 12.5. The van der Waals surface area contributed by atoms with Gasteiger partial charge >= 0.3 is 0 Å². The Hall–Kier alpha value is -6.49. The van der Waals surface area contributed by atoms with Gasteiger partial charge in [0.2, 0.25) is 0 Å². The summed E-state index contributed by atoms with van der Waals surface area (Å²) in [5, 5.41) is 7.68. The molecule has 11 aromatic rings. The maximum absolute atomic E-state index is 2.45. The van der Waals surface area contributed by atoms with E-state index >= 15 is 0 Å². The van der Waals surface area contributed by atoms with Gasteiger partial charge in [0.1, 0.15) is 0 Å². The molecular weight excluding hydrogens is 651 g/mol. The molecule has 0 radical (unpaired) electrons. The topological polar surface area (TPSA) is 14.8 Å². The Labute approximate surface area is 303 Å². The Morgan fingerprint density at radius 1 is 0.308 bits per heavy atom. The Bertz CT molecular complexity index is 3210. The van der Waals surface area contributed by atoms with Gasteiger partial charge in [0.05, 0.1) is 38.8 Å². The molecule has 242 valence electrons. The maximum Gasteiger partial charge on any atom is 0.0681 e. The number of hydrogen-bond acceptors (Lipinski definition) is 1. The van der Waals surface area contributed by atoms with Crippen LogP contribution in [0.2, 0.25) is 0 Å². The van der Waals surface area contributed by atoms with Gasteiger partial charge in [-0.3, -0.25) is 0 Å². The van der Waals surface area contributed by atoms with Gasteiger partial charge in [-0.1, -0.05) is 115 Å². The lowest BCUT2D eigenvalue weighted by Crippen LogP contribution is -2.01. The van der Waals surface area contributed by atoms with Crippen LogP contribution in [0.4, 0.5) is 0 Å². The quantitative estimate of drug-likeness (QED) is 0.181. The molecule has 0 saturated heterocycles. The highest BCUT2D eigenvalue weighted by molar-refractivity contribution is 7.99. The smallest absolute Gasteiger partial charge is 0.0681 e. The second kappa shape index (κ2) is 10.5. The Morgan fingerprint density at radius 3 is 1.48 bits per heavy atom. The average molecular weight is 680 g/mol. The molecule has 0 aliphatic carbocycles. The summed E-state index contributed by atoms with van der Waals surface area (Å²) in [4.78, 5) is 2.59. The van der Waals surface area contributed by atoms with Crippen molar-refractivity contribution in [3.05, 3.63) is 176 Å². The van der Waals surface area contributed by atoms with Crippen LogP contribution < -0.4 is 0 Å². The molecule has 52 heavy (non-hydrogen) atoms. The lowest BCUT2D eigenvalue weighted by Gasteiger charge is -2.21. The van der Waals surface area contributed by atoms with E-state index in [2.05, 4.69) is 190 Å². The van der Waals surface area contributed by atoms with Crippen LogP contribution >= 0.6 is 11.8 Å². The van der Waals surface area contributed by atoms with E-state index in [9.17, 15) is 0 Å². The summed E-state index contributed by atoms with van der Waals surface area (Å²) in [6, 6.07) is 64.6. The zero-order valence-corrected chi connectivity index (χ0v) is 28.8. The monoisotopic (exact) mass is 679 g/mol. The van der Waals surface area contributed by atoms with Crippen LogP contribution in [0.5, 0.6) is 0 Å². The summed E-state index contributed by atoms with van der Waals surface area (Å²) in [6.45, 7) is 0. The first kappa shape index (κ1) is 28.2. The van der Waals surface area contributed by atoms with E-state index in [1.807, 2.05) is 11.8 Å². The van der Waals surface area contributed by atoms with Crippen LogP contribution in [-0.2, 0) is 0 Å². The Balaban J connectivity index is 0.970. The fourth-order valence-corrected chi connectivity index (χ4v) is 9.91. The fourth-order valence-electron chi connectivity index (χ4n) is 8.78. The molecular formula is C48H29N3S. The first-order valence-corrected chi connectivity index (χ1v) is 18.6. The predicted molar refractivity (Wildman–Crippen MR) is 219 cm³/mol. The summed E-state index contributed by atoms with van der Waals surface area (Å²) in [6.07, 6.45) is 0. The van der Waals surface area contributed by atoms with E-state index in [1.54, 1.807) is 0 Å². The Kier molecular flexibility index (Phi) is 5.71. The van der Waals surface area contributed by atoms with Gasteiger partial charge in [-0.15, -0.1) is 0 Å². The number of fused-ring (bicyclic) bond motifs is 11. The van der Waals surface area contributed by atoms with Gasteiger partial charge in [0.25, 0.3) is 0 Å². The minimum Gasteiger partial charge on any atom is -0.309 e.